The molecule has 0 aliphatic heterocycles. The average molecular weight is 326 g/mol. The van der Waals surface area contributed by atoms with E-state index in [0.717, 1.165) is 6.42 Å². The van der Waals surface area contributed by atoms with Crippen LogP contribution in [0, 0.1) is 5.92 Å². The molecule has 1 unspecified atom stereocenters. The number of carbonyl (C=O) groups excluding carboxylic acids is 1. The SMILES string of the molecule is CC(CN(C)C(=O)N[C@@H]1C[C@H]1c1cccc2ccccc12)C(=O)O. The zero-order valence-corrected chi connectivity index (χ0v) is 13.9. The number of nitrogens with one attached hydrogen (secondary N) is 1. The van der Waals surface area contributed by atoms with E-state index in [2.05, 4.69) is 35.6 Å². The van der Waals surface area contributed by atoms with Crippen molar-refractivity contribution in [2.45, 2.75) is 25.3 Å². The van der Waals surface area contributed by atoms with E-state index in [0.29, 0.717) is 5.92 Å². The van der Waals surface area contributed by atoms with Crippen LogP contribution in [0.5, 0.6) is 0 Å². The van der Waals surface area contributed by atoms with Crippen LogP contribution in [0.3, 0.4) is 0 Å². The molecule has 126 valence electrons. The van der Waals surface area contributed by atoms with E-state index < -0.39 is 11.9 Å². The predicted molar refractivity (Wildman–Crippen MR) is 93.1 cm³/mol. The van der Waals surface area contributed by atoms with Crippen molar-refractivity contribution in [1.82, 2.24) is 10.2 Å². The Balaban J connectivity index is 1.63. The number of rotatable bonds is 5. The summed E-state index contributed by atoms with van der Waals surface area (Å²) in [6.45, 7) is 1.80. The lowest BCUT2D eigenvalue weighted by Gasteiger charge is -2.20. The smallest absolute Gasteiger partial charge is 0.317 e. The maximum atomic E-state index is 12.2. The molecule has 24 heavy (non-hydrogen) atoms. The van der Waals surface area contributed by atoms with Crippen LogP contribution in [0.4, 0.5) is 4.79 Å². The highest BCUT2D eigenvalue weighted by atomic mass is 16.4. The Morgan fingerprint density at radius 2 is 1.96 bits per heavy atom. The molecule has 1 aliphatic rings. The van der Waals surface area contributed by atoms with E-state index in [-0.39, 0.29) is 18.6 Å². The Kier molecular flexibility index (Phi) is 4.42. The third-order valence-electron chi connectivity index (χ3n) is 4.64. The molecule has 5 heteroatoms. The standard InChI is InChI=1S/C19H22N2O3/c1-12(18(22)23)11-21(2)19(24)20-17-10-16(17)15-9-5-7-13-6-3-4-8-14(13)15/h3-9,12,16-17H,10-11H2,1-2H3,(H,20,24)(H,22,23)/t12?,16-,17+/m0/s1. The van der Waals surface area contributed by atoms with Crippen molar-refractivity contribution in [3.63, 3.8) is 0 Å². The summed E-state index contributed by atoms with van der Waals surface area (Å²) >= 11 is 0. The highest BCUT2D eigenvalue weighted by Crippen LogP contribution is 2.43. The summed E-state index contributed by atoms with van der Waals surface area (Å²) in [6.07, 6.45) is 0.919. The number of carboxylic acids is 1. The molecule has 1 fully saturated rings. The Labute approximate surface area is 141 Å². The van der Waals surface area contributed by atoms with Gasteiger partial charge in [-0.1, -0.05) is 49.4 Å². The minimum Gasteiger partial charge on any atom is -0.481 e. The van der Waals surface area contributed by atoms with Crippen molar-refractivity contribution in [1.29, 1.82) is 0 Å². The highest BCUT2D eigenvalue weighted by molar-refractivity contribution is 5.87. The van der Waals surface area contributed by atoms with Crippen molar-refractivity contribution in [3.8, 4) is 0 Å². The molecule has 3 atom stereocenters. The molecule has 0 saturated heterocycles. The van der Waals surface area contributed by atoms with Crippen LogP contribution in [0.25, 0.3) is 10.8 Å². The Hall–Kier alpha value is -2.56. The number of fused-ring (bicyclic) bond motifs is 1. The first-order valence-electron chi connectivity index (χ1n) is 8.19. The van der Waals surface area contributed by atoms with Crippen molar-refractivity contribution in [2.75, 3.05) is 13.6 Å². The van der Waals surface area contributed by atoms with Gasteiger partial charge in [-0.2, -0.15) is 0 Å². The first kappa shape index (κ1) is 16.3. The summed E-state index contributed by atoms with van der Waals surface area (Å²) in [5.41, 5.74) is 1.26. The van der Waals surface area contributed by atoms with Crippen molar-refractivity contribution >= 4 is 22.8 Å². The summed E-state index contributed by atoms with van der Waals surface area (Å²) in [4.78, 5) is 24.6. The minimum atomic E-state index is -0.894. The van der Waals surface area contributed by atoms with Crippen molar-refractivity contribution in [2.24, 2.45) is 5.92 Å². The van der Waals surface area contributed by atoms with Gasteiger partial charge in [0.2, 0.25) is 0 Å². The lowest BCUT2D eigenvalue weighted by molar-refractivity contribution is -0.141. The lowest BCUT2D eigenvalue weighted by atomic mass is 10.0. The zero-order valence-electron chi connectivity index (χ0n) is 13.9. The molecule has 2 amide bonds. The lowest BCUT2D eigenvalue weighted by Crippen LogP contribution is -2.42. The summed E-state index contributed by atoms with van der Waals surface area (Å²) in [7, 11) is 1.63. The number of amides is 2. The van der Waals surface area contributed by atoms with Gasteiger partial charge in [0.25, 0.3) is 0 Å². The van der Waals surface area contributed by atoms with Gasteiger partial charge in [-0.15, -0.1) is 0 Å². The van der Waals surface area contributed by atoms with Crippen molar-refractivity contribution < 1.29 is 14.7 Å². The second kappa shape index (κ2) is 6.51. The number of hydrogen-bond acceptors (Lipinski definition) is 2. The summed E-state index contributed by atoms with van der Waals surface area (Å²) < 4.78 is 0. The average Bonchev–Trinajstić information content (AvgIpc) is 3.32. The van der Waals surface area contributed by atoms with Gasteiger partial charge in [-0.25, -0.2) is 4.79 Å². The van der Waals surface area contributed by atoms with Gasteiger partial charge in [0, 0.05) is 25.6 Å². The second-order valence-electron chi connectivity index (χ2n) is 6.59. The normalized spacial score (nSPS) is 20.4. The van der Waals surface area contributed by atoms with Gasteiger partial charge in [0.05, 0.1) is 5.92 Å². The zero-order chi connectivity index (χ0) is 17.3. The Bertz CT molecular complexity index is 769. The Morgan fingerprint density at radius 3 is 2.71 bits per heavy atom. The monoisotopic (exact) mass is 326 g/mol. The molecule has 0 bridgehead atoms. The van der Waals surface area contributed by atoms with Crippen molar-refractivity contribution in [3.05, 3.63) is 48.0 Å². The van der Waals surface area contributed by atoms with Crippen LogP contribution in [0.1, 0.15) is 24.8 Å². The molecule has 0 aromatic heterocycles. The third kappa shape index (κ3) is 3.35. The van der Waals surface area contributed by atoms with Crippen LogP contribution in [0.2, 0.25) is 0 Å². The van der Waals surface area contributed by atoms with Crippen LogP contribution < -0.4 is 5.32 Å². The number of carbonyl (C=O) groups is 2. The number of urea groups is 1. The largest absolute Gasteiger partial charge is 0.481 e. The molecule has 2 aromatic rings. The summed E-state index contributed by atoms with van der Waals surface area (Å²) in [5.74, 6) is -1.14. The van der Waals surface area contributed by atoms with E-state index in [1.165, 1.54) is 21.2 Å². The van der Waals surface area contributed by atoms with E-state index in [1.54, 1.807) is 14.0 Å². The number of hydrogen-bond donors (Lipinski definition) is 2. The number of carboxylic acid groups (broad SMARTS) is 1. The molecule has 1 saturated carbocycles. The fraction of sp³-hybridized carbons (Fsp3) is 0.368. The number of nitrogens with zero attached hydrogens (tertiary/aromatic N) is 1. The number of aliphatic carboxylic acids is 1. The van der Waals surface area contributed by atoms with Gasteiger partial charge in [0.15, 0.2) is 0 Å². The van der Waals surface area contributed by atoms with Crippen LogP contribution >= 0.6 is 0 Å². The van der Waals surface area contributed by atoms with E-state index in [4.69, 9.17) is 5.11 Å². The maximum Gasteiger partial charge on any atom is 0.317 e. The highest BCUT2D eigenvalue weighted by Gasteiger charge is 2.40. The molecule has 0 spiro atoms. The first-order chi connectivity index (χ1) is 11.5. The summed E-state index contributed by atoms with van der Waals surface area (Å²) in [5, 5.41) is 14.4. The molecule has 0 radical (unpaired) electrons. The Morgan fingerprint density at radius 1 is 1.25 bits per heavy atom. The summed E-state index contributed by atoms with van der Waals surface area (Å²) in [6, 6.07) is 14.4. The molecule has 1 aliphatic carbocycles. The predicted octanol–water partition coefficient (Wildman–Crippen LogP) is 3.06. The van der Waals surface area contributed by atoms with Gasteiger partial charge in [0.1, 0.15) is 0 Å². The van der Waals surface area contributed by atoms with E-state index >= 15 is 0 Å². The van der Waals surface area contributed by atoms with Crippen LogP contribution in [0.15, 0.2) is 42.5 Å². The molecule has 3 rings (SSSR count). The topological polar surface area (TPSA) is 69.6 Å². The third-order valence-corrected chi connectivity index (χ3v) is 4.64. The molecular formula is C19H22N2O3. The fourth-order valence-corrected chi connectivity index (χ4v) is 3.11. The first-order valence-corrected chi connectivity index (χ1v) is 8.19. The van der Waals surface area contributed by atoms with E-state index in [9.17, 15) is 9.59 Å². The van der Waals surface area contributed by atoms with Gasteiger partial charge >= 0.3 is 12.0 Å². The minimum absolute atomic E-state index is 0.117. The molecule has 0 heterocycles. The molecule has 2 N–H and O–H groups in total. The van der Waals surface area contributed by atoms with E-state index in [1.807, 2.05) is 12.1 Å². The molecular weight excluding hydrogens is 304 g/mol. The fourth-order valence-electron chi connectivity index (χ4n) is 3.11. The quantitative estimate of drug-likeness (QED) is 0.887. The number of benzene rings is 2. The van der Waals surface area contributed by atoms with Gasteiger partial charge in [-0.05, 0) is 22.8 Å². The van der Waals surface area contributed by atoms with Crippen LogP contribution in [-0.4, -0.2) is 41.6 Å². The molecule has 5 nitrogen and oxygen atoms in total. The maximum absolute atomic E-state index is 12.2. The molecule has 2 aromatic carbocycles. The van der Waals surface area contributed by atoms with Gasteiger partial charge < -0.3 is 15.3 Å². The van der Waals surface area contributed by atoms with Gasteiger partial charge in [-0.3, -0.25) is 4.79 Å². The second-order valence-corrected chi connectivity index (χ2v) is 6.59. The van der Waals surface area contributed by atoms with Crippen LogP contribution in [-0.2, 0) is 4.79 Å².